The molecule has 3 aromatic rings. The maximum atomic E-state index is 13.1. The van der Waals surface area contributed by atoms with E-state index in [-0.39, 0.29) is 22.7 Å². The molecule has 0 spiro atoms. The van der Waals surface area contributed by atoms with Crippen LogP contribution in [0.2, 0.25) is 0 Å². The van der Waals surface area contributed by atoms with Crippen LogP contribution in [0.3, 0.4) is 0 Å². The lowest BCUT2D eigenvalue weighted by molar-refractivity contribution is -0.137. The molecule has 0 atom stereocenters. The van der Waals surface area contributed by atoms with Crippen molar-refractivity contribution in [3.63, 3.8) is 0 Å². The maximum Gasteiger partial charge on any atom is 0.425 e. The van der Waals surface area contributed by atoms with Gasteiger partial charge in [0.15, 0.2) is 11.5 Å². The molecule has 14 heteroatoms. The number of anilines is 1. The lowest BCUT2D eigenvalue weighted by Gasteiger charge is -2.28. The van der Waals surface area contributed by atoms with Crippen molar-refractivity contribution in [2.24, 2.45) is 0 Å². The highest BCUT2D eigenvalue weighted by Crippen LogP contribution is 2.35. The molecule has 0 aliphatic carbocycles. The summed E-state index contributed by atoms with van der Waals surface area (Å²) < 4.78 is 55.4. The highest BCUT2D eigenvalue weighted by molar-refractivity contribution is 6.14. The Morgan fingerprint density at radius 1 is 0.943 bits per heavy atom. The van der Waals surface area contributed by atoms with Gasteiger partial charge in [0.1, 0.15) is 22.9 Å². The SMILES string of the molecule is CC(C)(C)OC(=O)N(C(=O)OC(C)(C)C)c1ncnc2[nH]nc(Oc3cc(C(F)(F)F)ccn3)c12. The smallest absolute Gasteiger partial charge is 0.425 e. The molecule has 0 aliphatic rings. The highest BCUT2D eigenvalue weighted by Gasteiger charge is 2.36. The Labute approximate surface area is 197 Å². The molecule has 3 heterocycles. The number of hydrogen-bond donors (Lipinski definition) is 1. The predicted molar refractivity (Wildman–Crippen MR) is 116 cm³/mol. The Morgan fingerprint density at radius 2 is 1.54 bits per heavy atom. The molecule has 0 aromatic carbocycles. The van der Waals surface area contributed by atoms with Gasteiger partial charge in [-0.3, -0.25) is 5.10 Å². The number of aromatic amines is 1. The summed E-state index contributed by atoms with van der Waals surface area (Å²) in [5.41, 5.74) is -2.94. The number of amides is 2. The molecular formula is C21H23F3N6O5. The summed E-state index contributed by atoms with van der Waals surface area (Å²) in [6, 6.07) is 1.44. The molecule has 1 N–H and O–H groups in total. The lowest BCUT2D eigenvalue weighted by atomic mass is 10.2. The first-order valence-corrected chi connectivity index (χ1v) is 10.2. The van der Waals surface area contributed by atoms with Crippen molar-refractivity contribution >= 4 is 29.0 Å². The standard InChI is InChI=1S/C21H23F3N6O5/c1-19(2,3)34-17(31)30(18(32)35-20(4,5)6)15-13-14(26-10-27-15)28-29-16(13)33-12-9-11(7-8-25-12)21(22,23)24/h7-10H,1-6H3,(H,26,27,28,29). The molecule has 3 aromatic heterocycles. The molecule has 0 bridgehead atoms. The van der Waals surface area contributed by atoms with Crippen molar-refractivity contribution in [3.8, 4) is 11.8 Å². The zero-order valence-electron chi connectivity index (χ0n) is 19.7. The number of hydrogen-bond acceptors (Lipinski definition) is 9. The number of pyridine rings is 1. The van der Waals surface area contributed by atoms with Gasteiger partial charge in [-0.2, -0.15) is 18.1 Å². The van der Waals surface area contributed by atoms with Crippen LogP contribution in [-0.4, -0.2) is 48.5 Å². The minimum Gasteiger partial charge on any atom is -0.443 e. The molecule has 0 fully saturated rings. The van der Waals surface area contributed by atoms with Crippen LogP contribution < -0.4 is 9.64 Å². The summed E-state index contributed by atoms with van der Waals surface area (Å²) in [7, 11) is 0. The third-order valence-electron chi connectivity index (χ3n) is 3.93. The van der Waals surface area contributed by atoms with Gasteiger partial charge < -0.3 is 14.2 Å². The van der Waals surface area contributed by atoms with Gasteiger partial charge >= 0.3 is 18.4 Å². The Hall–Kier alpha value is -3.97. The van der Waals surface area contributed by atoms with E-state index in [0.29, 0.717) is 11.0 Å². The van der Waals surface area contributed by atoms with Gasteiger partial charge in [0.2, 0.25) is 5.88 Å². The van der Waals surface area contributed by atoms with Crippen LogP contribution in [0.15, 0.2) is 24.7 Å². The average Bonchev–Trinajstić information content (AvgIpc) is 3.08. The fourth-order valence-corrected chi connectivity index (χ4v) is 2.66. The van der Waals surface area contributed by atoms with Crippen molar-refractivity contribution < 1.29 is 37.0 Å². The number of carbonyl (C=O) groups excluding carboxylic acids is 2. The first-order valence-electron chi connectivity index (χ1n) is 10.2. The van der Waals surface area contributed by atoms with E-state index >= 15 is 0 Å². The van der Waals surface area contributed by atoms with Crippen molar-refractivity contribution in [1.82, 2.24) is 25.1 Å². The second-order valence-corrected chi connectivity index (χ2v) is 9.23. The number of carbonyl (C=O) groups is 2. The van der Waals surface area contributed by atoms with Crippen molar-refractivity contribution in [3.05, 3.63) is 30.2 Å². The Balaban J connectivity index is 2.11. The molecule has 0 unspecified atom stereocenters. The average molecular weight is 496 g/mol. The van der Waals surface area contributed by atoms with Crippen LogP contribution in [0, 0.1) is 0 Å². The van der Waals surface area contributed by atoms with Crippen molar-refractivity contribution in [2.75, 3.05) is 4.90 Å². The summed E-state index contributed by atoms with van der Waals surface area (Å²) >= 11 is 0. The van der Waals surface area contributed by atoms with E-state index in [1.54, 1.807) is 41.5 Å². The number of H-pyrrole nitrogens is 1. The number of nitrogens with zero attached hydrogens (tertiary/aromatic N) is 5. The summed E-state index contributed by atoms with van der Waals surface area (Å²) in [4.78, 5) is 38.3. The zero-order chi connectivity index (χ0) is 26.2. The summed E-state index contributed by atoms with van der Waals surface area (Å²) in [6.07, 6.45) is -4.90. The van der Waals surface area contributed by atoms with E-state index in [1.165, 1.54) is 0 Å². The zero-order valence-corrected chi connectivity index (χ0v) is 19.7. The second-order valence-electron chi connectivity index (χ2n) is 9.23. The number of halogens is 3. The van der Waals surface area contributed by atoms with Gasteiger partial charge in [0.05, 0.1) is 5.56 Å². The van der Waals surface area contributed by atoms with Gasteiger partial charge in [-0.1, -0.05) is 0 Å². The second kappa shape index (κ2) is 9.00. The molecule has 0 radical (unpaired) electrons. The first kappa shape index (κ1) is 25.6. The molecule has 0 saturated heterocycles. The van der Waals surface area contributed by atoms with E-state index in [4.69, 9.17) is 14.2 Å². The molecule has 11 nitrogen and oxygen atoms in total. The van der Waals surface area contributed by atoms with E-state index < -0.39 is 41.0 Å². The number of alkyl halides is 3. The van der Waals surface area contributed by atoms with Gasteiger partial charge in [-0.15, -0.1) is 5.10 Å². The summed E-state index contributed by atoms with van der Waals surface area (Å²) in [6.45, 7) is 9.58. The number of rotatable bonds is 3. The van der Waals surface area contributed by atoms with Gasteiger partial charge in [0, 0.05) is 12.3 Å². The molecule has 35 heavy (non-hydrogen) atoms. The molecule has 188 valence electrons. The van der Waals surface area contributed by atoms with Crippen LogP contribution >= 0.6 is 0 Å². The van der Waals surface area contributed by atoms with E-state index in [2.05, 4.69) is 25.1 Å². The molecular weight excluding hydrogens is 473 g/mol. The molecule has 3 rings (SSSR count). The summed E-state index contributed by atoms with van der Waals surface area (Å²) in [5.74, 6) is -1.10. The van der Waals surface area contributed by atoms with Gasteiger partial charge in [-0.05, 0) is 47.6 Å². The van der Waals surface area contributed by atoms with E-state index in [1.807, 2.05) is 0 Å². The lowest BCUT2D eigenvalue weighted by Crippen LogP contribution is -2.44. The van der Waals surface area contributed by atoms with Crippen molar-refractivity contribution in [1.29, 1.82) is 0 Å². The van der Waals surface area contributed by atoms with Crippen LogP contribution in [-0.2, 0) is 15.7 Å². The number of imide groups is 1. The third kappa shape index (κ3) is 6.33. The van der Waals surface area contributed by atoms with Gasteiger partial charge in [0.25, 0.3) is 5.88 Å². The van der Waals surface area contributed by atoms with Crippen LogP contribution in [0.1, 0.15) is 47.1 Å². The number of aromatic nitrogens is 5. The number of nitrogens with one attached hydrogen (secondary N) is 1. The maximum absolute atomic E-state index is 13.1. The Bertz CT molecular complexity index is 1220. The highest BCUT2D eigenvalue weighted by atomic mass is 19.4. The monoisotopic (exact) mass is 496 g/mol. The topological polar surface area (TPSA) is 132 Å². The van der Waals surface area contributed by atoms with Crippen LogP contribution in [0.5, 0.6) is 11.8 Å². The minimum absolute atomic E-state index is 0.0223. The van der Waals surface area contributed by atoms with Gasteiger partial charge in [-0.25, -0.2) is 24.5 Å². The number of ether oxygens (including phenoxy) is 3. The largest absolute Gasteiger partial charge is 0.443 e. The minimum atomic E-state index is -4.63. The first-order chi connectivity index (χ1) is 16.0. The van der Waals surface area contributed by atoms with Crippen LogP contribution in [0.25, 0.3) is 11.0 Å². The Kier molecular flexibility index (Phi) is 6.59. The molecule has 0 saturated carbocycles. The van der Waals surface area contributed by atoms with Crippen molar-refractivity contribution in [2.45, 2.75) is 58.9 Å². The van der Waals surface area contributed by atoms with E-state index in [9.17, 15) is 22.8 Å². The quantitative estimate of drug-likeness (QED) is 0.517. The Morgan fingerprint density at radius 3 is 2.09 bits per heavy atom. The molecule has 2 amide bonds. The number of fused-ring (bicyclic) bond motifs is 1. The fraction of sp³-hybridized carbons (Fsp3) is 0.429. The normalized spacial score (nSPS) is 12.4. The van der Waals surface area contributed by atoms with Crippen LogP contribution in [0.4, 0.5) is 28.6 Å². The summed E-state index contributed by atoms with van der Waals surface area (Å²) in [5, 5.41) is 6.31. The third-order valence-corrected chi connectivity index (χ3v) is 3.93. The predicted octanol–water partition coefficient (Wildman–Crippen LogP) is 5.24. The molecule has 0 aliphatic heterocycles. The van der Waals surface area contributed by atoms with E-state index in [0.717, 1.165) is 18.6 Å². The fourth-order valence-electron chi connectivity index (χ4n) is 2.66.